The molecule has 1 unspecified atom stereocenters. The van der Waals surface area contributed by atoms with Crippen molar-refractivity contribution in [2.75, 3.05) is 13.2 Å². The van der Waals surface area contributed by atoms with Crippen molar-refractivity contribution in [1.29, 1.82) is 0 Å². The average Bonchev–Trinajstić information content (AvgIpc) is 2.76. The van der Waals surface area contributed by atoms with E-state index in [4.69, 9.17) is 14.9 Å². The first-order valence-corrected chi connectivity index (χ1v) is 5.66. The van der Waals surface area contributed by atoms with Gasteiger partial charge in [0.1, 0.15) is 18.1 Å². The predicted octanol–water partition coefficient (Wildman–Crippen LogP) is 1.81. The van der Waals surface area contributed by atoms with Crippen molar-refractivity contribution >= 4 is 0 Å². The molecule has 2 heterocycles. The van der Waals surface area contributed by atoms with Crippen LogP contribution in [0.3, 0.4) is 0 Å². The third kappa shape index (κ3) is 2.79. The first-order chi connectivity index (χ1) is 7.40. The van der Waals surface area contributed by atoms with Gasteiger partial charge in [-0.1, -0.05) is 0 Å². The highest BCUT2D eigenvalue weighted by Gasteiger charge is 2.19. The third-order valence-electron chi connectivity index (χ3n) is 2.67. The van der Waals surface area contributed by atoms with E-state index in [-0.39, 0.29) is 6.10 Å². The zero-order chi connectivity index (χ0) is 10.5. The summed E-state index contributed by atoms with van der Waals surface area (Å²) in [6.45, 7) is 1.52. The van der Waals surface area contributed by atoms with Crippen LogP contribution in [0.15, 0.2) is 10.7 Å². The van der Waals surface area contributed by atoms with Crippen LogP contribution in [0, 0.1) is 0 Å². The van der Waals surface area contributed by atoms with E-state index in [2.05, 4.69) is 4.98 Å². The lowest BCUT2D eigenvalue weighted by atomic mass is 10.1. The lowest BCUT2D eigenvalue weighted by Gasteiger charge is -2.20. The first kappa shape index (κ1) is 10.6. The van der Waals surface area contributed by atoms with Gasteiger partial charge in [-0.15, -0.1) is 0 Å². The fourth-order valence-corrected chi connectivity index (χ4v) is 1.82. The molecule has 15 heavy (non-hydrogen) atoms. The molecule has 0 bridgehead atoms. The summed E-state index contributed by atoms with van der Waals surface area (Å²) >= 11 is 0. The van der Waals surface area contributed by atoms with Gasteiger partial charge in [-0.3, -0.25) is 0 Å². The lowest BCUT2D eigenvalue weighted by Crippen LogP contribution is -2.11. The van der Waals surface area contributed by atoms with Crippen molar-refractivity contribution in [3.8, 4) is 0 Å². The Balaban J connectivity index is 1.93. The molecule has 1 fully saturated rings. The van der Waals surface area contributed by atoms with Crippen molar-refractivity contribution in [3.05, 3.63) is 17.8 Å². The molecule has 0 saturated carbocycles. The summed E-state index contributed by atoms with van der Waals surface area (Å²) in [7, 11) is 0. The predicted molar refractivity (Wildman–Crippen MR) is 56.4 cm³/mol. The summed E-state index contributed by atoms with van der Waals surface area (Å²) in [6.07, 6.45) is 7.05. The monoisotopic (exact) mass is 210 g/mol. The summed E-state index contributed by atoms with van der Waals surface area (Å²) in [4.78, 5) is 4.42. The Morgan fingerprint density at radius 3 is 3.13 bits per heavy atom. The Bertz CT molecular complexity index is 293. The number of hydrogen-bond acceptors (Lipinski definition) is 4. The Morgan fingerprint density at radius 2 is 2.40 bits per heavy atom. The van der Waals surface area contributed by atoms with Gasteiger partial charge in [-0.2, -0.15) is 0 Å². The molecule has 1 saturated heterocycles. The number of ether oxygens (including phenoxy) is 1. The fourth-order valence-electron chi connectivity index (χ4n) is 1.82. The van der Waals surface area contributed by atoms with Gasteiger partial charge in [0.2, 0.25) is 0 Å². The highest BCUT2D eigenvalue weighted by molar-refractivity contribution is 5.02. The number of oxazole rings is 1. The molecule has 0 spiro atoms. The quantitative estimate of drug-likeness (QED) is 0.823. The maximum Gasteiger partial charge on any atom is 0.194 e. The number of nitrogens with zero attached hydrogens (tertiary/aromatic N) is 1. The summed E-state index contributed by atoms with van der Waals surface area (Å²) < 4.78 is 11.0. The van der Waals surface area contributed by atoms with Gasteiger partial charge in [0, 0.05) is 13.0 Å². The van der Waals surface area contributed by atoms with E-state index in [0.717, 1.165) is 43.9 Å². The van der Waals surface area contributed by atoms with Crippen LogP contribution < -0.4 is 5.73 Å². The second-order valence-corrected chi connectivity index (χ2v) is 3.91. The van der Waals surface area contributed by atoms with Crippen LogP contribution in [-0.4, -0.2) is 18.1 Å². The Labute approximate surface area is 89.8 Å². The average molecular weight is 210 g/mol. The molecule has 1 aliphatic rings. The van der Waals surface area contributed by atoms with Crippen LogP contribution in [0.25, 0.3) is 0 Å². The molecule has 84 valence electrons. The van der Waals surface area contributed by atoms with E-state index in [0.29, 0.717) is 6.54 Å². The Morgan fingerprint density at radius 1 is 1.47 bits per heavy atom. The Hall–Kier alpha value is -0.870. The van der Waals surface area contributed by atoms with E-state index in [1.807, 2.05) is 0 Å². The molecule has 1 aromatic rings. The second-order valence-electron chi connectivity index (χ2n) is 3.91. The minimum atomic E-state index is 0.147. The van der Waals surface area contributed by atoms with Crippen LogP contribution in [0.4, 0.5) is 0 Å². The summed E-state index contributed by atoms with van der Waals surface area (Å²) in [5.74, 6) is 0.782. The zero-order valence-corrected chi connectivity index (χ0v) is 8.95. The molecule has 4 nitrogen and oxygen atoms in total. The number of hydrogen-bond donors (Lipinski definition) is 1. The molecule has 2 rings (SSSR count). The number of aryl methyl sites for hydroxylation is 1. The molecular formula is C11H18N2O2. The van der Waals surface area contributed by atoms with E-state index in [9.17, 15) is 0 Å². The number of rotatable bonds is 4. The molecule has 0 radical (unpaired) electrons. The lowest BCUT2D eigenvalue weighted by molar-refractivity contribution is 0.0122. The van der Waals surface area contributed by atoms with Gasteiger partial charge in [-0.25, -0.2) is 4.98 Å². The highest BCUT2D eigenvalue weighted by atomic mass is 16.5. The van der Waals surface area contributed by atoms with Gasteiger partial charge in [0.05, 0.1) is 0 Å². The second kappa shape index (κ2) is 5.28. The van der Waals surface area contributed by atoms with Crippen molar-refractivity contribution in [3.63, 3.8) is 0 Å². The minimum absolute atomic E-state index is 0.147. The fraction of sp³-hybridized carbons (Fsp3) is 0.727. The molecule has 0 amide bonds. The molecule has 4 heteroatoms. The SMILES string of the molecule is NCCCc1nc(C2CCCCO2)co1. The van der Waals surface area contributed by atoms with Crippen molar-refractivity contribution in [2.45, 2.75) is 38.2 Å². The van der Waals surface area contributed by atoms with Crippen molar-refractivity contribution < 1.29 is 9.15 Å². The van der Waals surface area contributed by atoms with Gasteiger partial charge in [0.15, 0.2) is 5.89 Å². The topological polar surface area (TPSA) is 61.3 Å². The van der Waals surface area contributed by atoms with Crippen LogP contribution >= 0.6 is 0 Å². The molecule has 2 N–H and O–H groups in total. The summed E-state index contributed by atoms with van der Waals surface area (Å²) in [5, 5.41) is 0. The van der Waals surface area contributed by atoms with Crippen LogP contribution in [0.2, 0.25) is 0 Å². The standard InChI is InChI=1S/C11H18N2O2/c12-6-3-5-11-13-9(8-15-11)10-4-1-2-7-14-10/h8,10H,1-7,12H2. The van der Waals surface area contributed by atoms with Crippen LogP contribution in [-0.2, 0) is 11.2 Å². The first-order valence-electron chi connectivity index (χ1n) is 5.66. The maximum atomic E-state index is 5.63. The molecule has 0 aromatic carbocycles. The smallest absolute Gasteiger partial charge is 0.194 e. The zero-order valence-electron chi connectivity index (χ0n) is 8.95. The van der Waals surface area contributed by atoms with Gasteiger partial charge < -0.3 is 14.9 Å². The molecule has 1 aromatic heterocycles. The van der Waals surface area contributed by atoms with Crippen molar-refractivity contribution in [1.82, 2.24) is 4.98 Å². The van der Waals surface area contributed by atoms with Gasteiger partial charge in [-0.05, 0) is 32.2 Å². The number of nitrogens with two attached hydrogens (primary N) is 1. The summed E-state index contributed by atoms with van der Waals surface area (Å²) in [6, 6.07) is 0. The van der Waals surface area contributed by atoms with Gasteiger partial charge in [0.25, 0.3) is 0 Å². The maximum absolute atomic E-state index is 5.63. The summed E-state index contributed by atoms with van der Waals surface area (Å²) in [5.41, 5.74) is 6.38. The van der Waals surface area contributed by atoms with Crippen LogP contribution in [0.5, 0.6) is 0 Å². The van der Waals surface area contributed by atoms with Crippen molar-refractivity contribution in [2.24, 2.45) is 5.73 Å². The normalized spacial score (nSPS) is 21.8. The minimum Gasteiger partial charge on any atom is -0.449 e. The van der Waals surface area contributed by atoms with E-state index < -0.39 is 0 Å². The molecule has 1 aliphatic heterocycles. The molecule has 1 atom stereocenters. The van der Waals surface area contributed by atoms with E-state index in [1.54, 1.807) is 6.26 Å². The largest absolute Gasteiger partial charge is 0.449 e. The molecular weight excluding hydrogens is 192 g/mol. The number of aromatic nitrogens is 1. The van der Waals surface area contributed by atoms with Gasteiger partial charge >= 0.3 is 0 Å². The highest BCUT2D eigenvalue weighted by Crippen LogP contribution is 2.27. The van der Waals surface area contributed by atoms with E-state index >= 15 is 0 Å². The Kier molecular flexibility index (Phi) is 3.75. The third-order valence-corrected chi connectivity index (χ3v) is 2.67. The van der Waals surface area contributed by atoms with Crippen LogP contribution in [0.1, 0.15) is 43.4 Å². The van der Waals surface area contributed by atoms with E-state index in [1.165, 1.54) is 6.42 Å². The molecule has 0 aliphatic carbocycles.